The Balaban J connectivity index is 1.04. The van der Waals surface area contributed by atoms with E-state index in [0.717, 1.165) is 60.7 Å². The molecule has 4 aromatic carbocycles. The molecule has 57 heavy (non-hydrogen) atoms. The summed E-state index contributed by atoms with van der Waals surface area (Å²) in [7, 11) is 1.71. The number of methoxy groups -OCH3 is 1. The van der Waals surface area contributed by atoms with E-state index in [1.54, 1.807) is 43.5 Å². The van der Waals surface area contributed by atoms with Crippen molar-refractivity contribution in [1.82, 2.24) is 10.7 Å². The van der Waals surface area contributed by atoms with Crippen LogP contribution < -0.4 is 29.3 Å². The van der Waals surface area contributed by atoms with Crippen LogP contribution in [0.3, 0.4) is 0 Å². The molecule has 2 saturated heterocycles. The van der Waals surface area contributed by atoms with Gasteiger partial charge in [0.1, 0.15) is 41.9 Å². The number of carbonyl (C=O) groups is 1. The molecule has 0 spiro atoms. The highest BCUT2D eigenvalue weighted by molar-refractivity contribution is 5.64. The summed E-state index contributed by atoms with van der Waals surface area (Å²) in [6.45, 7) is 5.49. The first kappa shape index (κ1) is 40.2. The first-order valence-electron chi connectivity index (χ1n) is 19.2. The number of hydrogen-bond donors (Lipinski definition) is 3. The Labute approximate surface area is 331 Å². The van der Waals surface area contributed by atoms with Crippen LogP contribution in [0.25, 0.3) is 0 Å². The summed E-state index contributed by atoms with van der Waals surface area (Å²) >= 11 is 0. The first-order valence-corrected chi connectivity index (χ1v) is 19.2. The second-order valence-corrected chi connectivity index (χ2v) is 14.2. The van der Waals surface area contributed by atoms with Crippen molar-refractivity contribution in [2.75, 3.05) is 69.4 Å². The maximum absolute atomic E-state index is 13.9. The lowest BCUT2D eigenvalue weighted by molar-refractivity contribution is -0.497. The molecule has 4 atom stereocenters. The zero-order valence-corrected chi connectivity index (χ0v) is 31.8. The number of piperidine rings is 1. The van der Waals surface area contributed by atoms with Crippen LogP contribution in [0, 0.1) is 5.82 Å². The van der Waals surface area contributed by atoms with Crippen LogP contribution in [0.5, 0.6) is 17.2 Å². The van der Waals surface area contributed by atoms with Gasteiger partial charge in [0.15, 0.2) is 0 Å². The van der Waals surface area contributed by atoms with Gasteiger partial charge in [-0.2, -0.15) is 0 Å². The molecule has 0 radical (unpaired) electrons. The number of anilines is 2. The Hall–Kier alpha value is -5.00. The molecule has 304 valence electrons. The molecule has 0 aliphatic carbocycles. The van der Waals surface area contributed by atoms with Crippen molar-refractivity contribution >= 4 is 17.5 Å². The number of halogens is 1. The smallest absolute Gasteiger partial charge is 0.490 e. The van der Waals surface area contributed by atoms with E-state index >= 15 is 0 Å². The second kappa shape index (κ2) is 19.4. The average molecular weight is 789 g/mol. The number of nitrogens with zero attached hydrogens (tertiary/aromatic N) is 3. The molecule has 7 rings (SSSR count). The second-order valence-electron chi connectivity index (χ2n) is 14.2. The normalized spacial score (nSPS) is 20.6. The van der Waals surface area contributed by atoms with Gasteiger partial charge in [0.2, 0.25) is 0 Å². The Morgan fingerprint density at radius 1 is 0.930 bits per heavy atom. The highest BCUT2D eigenvalue weighted by Crippen LogP contribution is 2.36. The van der Waals surface area contributed by atoms with E-state index in [0.29, 0.717) is 50.8 Å². The molecule has 0 aromatic heterocycles. The van der Waals surface area contributed by atoms with E-state index in [1.165, 1.54) is 6.07 Å². The zero-order chi connectivity index (χ0) is 39.6. The maximum atomic E-state index is 13.9. The van der Waals surface area contributed by atoms with Crippen molar-refractivity contribution in [3.63, 3.8) is 0 Å². The van der Waals surface area contributed by atoms with E-state index in [4.69, 9.17) is 38.8 Å². The molecule has 3 N–H and O–H groups in total. The summed E-state index contributed by atoms with van der Waals surface area (Å²) in [5.74, 6) is 1.19. The van der Waals surface area contributed by atoms with Crippen LogP contribution >= 0.6 is 0 Å². The quantitative estimate of drug-likeness (QED) is 0.0522. The largest absolute Gasteiger partial charge is 0.514 e. The standard InChI is InChI=1S/C42H49FN4O10/c1-51-20-3-17-45-19-21-52-38-15-8-30(22-37(38)45)27-53-39-24-44-25-40(57-42(48)56-35-11-6-29(7-12-35)28-54-47(49)50)41(39)31-9-13-34(14-10-31)55-36-16-18-46(26-36)33-5-2-4-32(43)23-33/h2,4-15,22-23,36,39-41,44,49-50H,3,16-21,24-28H2,1H3. The highest BCUT2D eigenvalue weighted by atomic mass is 19.1. The number of benzene rings is 4. The molecule has 0 amide bonds. The molecule has 2 fully saturated rings. The van der Waals surface area contributed by atoms with Crippen molar-refractivity contribution < 1.29 is 52.9 Å². The monoisotopic (exact) mass is 788 g/mol. The zero-order valence-electron chi connectivity index (χ0n) is 31.8. The van der Waals surface area contributed by atoms with Gasteiger partial charge in [0.05, 0.1) is 43.5 Å². The van der Waals surface area contributed by atoms with Crippen molar-refractivity contribution in [3.05, 3.63) is 114 Å². The van der Waals surface area contributed by atoms with Gasteiger partial charge in [0, 0.05) is 57.9 Å². The minimum absolute atomic E-state index is 0.0570. The Kier molecular flexibility index (Phi) is 13.7. The molecule has 3 aliphatic rings. The SMILES string of the molecule is COCCCN1CCOc2ccc(COC3CNCC(OC(=O)Oc4ccc(CON(O)O)cc4)C3c3ccc(OC4CCN(c5cccc(F)c5)C4)cc3)cc21. The number of ether oxygens (including phenoxy) is 6. The Morgan fingerprint density at radius 3 is 2.51 bits per heavy atom. The van der Waals surface area contributed by atoms with Gasteiger partial charge in [-0.3, -0.25) is 10.4 Å². The third kappa shape index (κ3) is 10.9. The number of fused-ring (bicyclic) bond motifs is 1. The summed E-state index contributed by atoms with van der Waals surface area (Å²) in [6, 6.07) is 26.9. The molecular formula is C42H49FN4O10. The Morgan fingerprint density at radius 2 is 1.72 bits per heavy atom. The van der Waals surface area contributed by atoms with Gasteiger partial charge < -0.3 is 43.5 Å². The third-order valence-electron chi connectivity index (χ3n) is 10.3. The number of nitrogens with one attached hydrogen (secondary N) is 1. The molecular weight excluding hydrogens is 739 g/mol. The summed E-state index contributed by atoms with van der Waals surface area (Å²) in [4.78, 5) is 22.3. The predicted molar refractivity (Wildman–Crippen MR) is 206 cm³/mol. The first-order chi connectivity index (χ1) is 27.8. The average Bonchev–Trinajstić information content (AvgIpc) is 3.69. The van der Waals surface area contributed by atoms with E-state index < -0.39 is 12.3 Å². The van der Waals surface area contributed by atoms with Gasteiger partial charge in [0.25, 0.3) is 0 Å². The van der Waals surface area contributed by atoms with Crippen molar-refractivity contribution in [2.45, 2.75) is 50.3 Å². The maximum Gasteiger partial charge on any atom is 0.514 e. The van der Waals surface area contributed by atoms with Gasteiger partial charge in [-0.05, 0) is 77.7 Å². The van der Waals surface area contributed by atoms with Crippen LogP contribution in [0.2, 0.25) is 0 Å². The summed E-state index contributed by atoms with van der Waals surface area (Å²) in [6.07, 6.45) is -0.235. The minimum atomic E-state index is -0.874. The third-order valence-corrected chi connectivity index (χ3v) is 10.3. The van der Waals surface area contributed by atoms with E-state index in [-0.39, 0.29) is 41.7 Å². The number of hydrogen-bond acceptors (Lipinski definition) is 14. The predicted octanol–water partition coefficient (Wildman–Crippen LogP) is 6.09. The minimum Gasteiger partial charge on any atom is -0.490 e. The number of carbonyl (C=O) groups excluding carboxylic acids is 1. The van der Waals surface area contributed by atoms with Crippen LogP contribution in [-0.4, -0.2) is 99.9 Å². The Bertz CT molecular complexity index is 1900. The lowest BCUT2D eigenvalue weighted by Crippen LogP contribution is -2.51. The van der Waals surface area contributed by atoms with Crippen molar-refractivity contribution in [1.29, 1.82) is 0 Å². The molecule has 4 aromatic rings. The van der Waals surface area contributed by atoms with E-state index in [2.05, 4.69) is 26.0 Å². The molecule has 14 nitrogen and oxygen atoms in total. The molecule has 0 bridgehead atoms. The lowest BCUT2D eigenvalue weighted by atomic mass is 9.85. The fraction of sp³-hybridized carbons (Fsp3) is 0.405. The van der Waals surface area contributed by atoms with Crippen LogP contribution in [-0.2, 0) is 32.3 Å². The molecule has 4 unspecified atom stereocenters. The van der Waals surface area contributed by atoms with Crippen molar-refractivity contribution in [3.8, 4) is 17.2 Å². The van der Waals surface area contributed by atoms with Crippen molar-refractivity contribution in [2.24, 2.45) is 0 Å². The fourth-order valence-electron chi connectivity index (χ4n) is 7.53. The molecule has 3 heterocycles. The summed E-state index contributed by atoms with van der Waals surface area (Å²) in [5, 5.41) is 20.6. The molecule has 3 aliphatic heterocycles. The molecule has 0 saturated carbocycles. The summed E-state index contributed by atoms with van der Waals surface area (Å²) in [5.41, 5.74) is 4.39. The molecule has 15 heteroatoms. The topological polar surface area (TPSA) is 144 Å². The van der Waals surface area contributed by atoms with E-state index in [1.807, 2.05) is 42.5 Å². The lowest BCUT2D eigenvalue weighted by Gasteiger charge is -2.38. The summed E-state index contributed by atoms with van der Waals surface area (Å²) < 4.78 is 49.6. The van der Waals surface area contributed by atoms with Crippen LogP contribution in [0.4, 0.5) is 20.6 Å². The van der Waals surface area contributed by atoms with Gasteiger partial charge in [-0.15, -0.1) is 0 Å². The fourth-order valence-corrected chi connectivity index (χ4v) is 7.53. The van der Waals surface area contributed by atoms with Crippen LogP contribution in [0.15, 0.2) is 91.0 Å². The highest BCUT2D eigenvalue weighted by Gasteiger charge is 2.38. The van der Waals surface area contributed by atoms with Crippen LogP contribution in [0.1, 0.15) is 35.4 Å². The van der Waals surface area contributed by atoms with Gasteiger partial charge >= 0.3 is 6.16 Å². The van der Waals surface area contributed by atoms with Gasteiger partial charge in [-0.1, -0.05) is 36.4 Å². The number of rotatable bonds is 16. The van der Waals surface area contributed by atoms with E-state index in [9.17, 15) is 9.18 Å². The van der Waals surface area contributed by atoms with Gasteiger partial charge in [-0.25, -0.2) is 14.0 Å².